The van der Waals surface area contributed by atoms with E-state index >= 15 is 0 Å². The van der Waals surface area contributed by atoms with Crippen LogP contribution in [0, 0.1) is 5.82 Å². The van der Waals surface area contributed by atoms with Crippen LogP contribution in [0.2, 0.25) is 0 Å². The van der Waals surface area contributed by atoms with Gasteiger partial charge in [-0.3, -0.25) is 14.1 Å². The van der Waals surface area contributed by atoms with Gasteiger partial charge in [0, 0.05) is 16.7 Å². The van der Waals surface area contributed by atoms with Crippen LogP contribution < -0.4 is 25.3 Å². The van der Waals surface area contributed by atoms with Crippen molar-refractivity contribution >= 4 is 19.6 Å². The van der Waals surface area contributed by atoms with Crippen molar-refractivity contribution in [2.24, 2.45) is 5.73 Å². The molecule has 0 saturated heterocycles. The molecular formula is C31H34F4N3O10P. The first-order valence-corrected chi connectivity index (χ1v) is 16.4. The highest BCUT2D eigenvalue weighted by atomic mass is 31.2. The van der Waals surface area contributed by atoms with Gasteiger partial charge in [-0.05, 0) is 75.2 Å². The van der Waals surface area contributed by atoms with Crippen molar-refractivity contribution in [2.45, 2.75) is 57.1 Å². The van der Waals surface area contributed by atoms with Gasteiger partial charge in [0.2, 0.25) is 11.5 Å². The van der Waals surface area contributed by atoms with Crippen molar-refractivity contribution in [2.75, 3.05) is 19.8 Å². The summed E-state index contributed by atoms with van der Waals surface area (Å²) in [7, 11) is -4.79. The Bertz CT molecular complexity index is 1720. The SMILES string of the molecule is CCOc1c(CC(N)=O)cc([C@@](O)(CNC(=O)c2ccc(OC[C@@H](C)OP(=O)(O)O)c(OC3CC3)c2)C(F)(F)F)nc1-c1ccc(F)cc1. The fraction of sp³-hybridized carbons (Fsp3) is 0.387. The number of hydrogen-bond acceptors (Lipinski definition) is 9. The maximum atomic E-state index is 14.7. The van der Waals surface area contributed by atoms with Crippen molar-refractivity contribution < 1.29 is 65.3 Å². The summed E-state index contributed by atoms with van der Waals surface area (Å²) in [6.45, 7) is 1.20. The number of carbonyl (C=O) groups excluding carboxylic acids is 2. The lowest BCUT2D eigenvalue weighted by Gasteiger charge is -2.31. The number of amides is 2. The largest absolute Gasteiger partial charge is 0.491 e. The normalized spacial score (nSPS) is 15.2. The Balaban J connectivity index is 1.66. The number of aliphatic hydroxyl groups is 1. The fourth-order valence-corrected chi connectivity index (χ4v) is 5.10. The van der Waals surface area contributed by atoms with Gasteiger partial charge >= 0.3 is 14.0 Å². The van der Waals surface area contributed by atoms with Crippen LogP contribution in [0.4, 0.5) is 17.6 Å². The van der Waals surface area contributed by atoms with Gasteiger partial charge in [0.1, 0.15) is 30.0 Å². The Kier molecular flexibility index (Phi) is 11.6. The summed E-state index contributed by atoms with van der Waals surface area (Å²) in [5, 5.41) is 13.3. The number of hydrogen-bond donors (Lipinski definition) is 5. The molecule has 49 heavy (non-hydrogen) atoms. The molecule has 6 N–H and O–H groups in total. The van der Waals surface area contributed by atoms with E-state index in [1.165, 1.54) is 37.3 Å². The minimum absolute atomic E-state index is 0.0110. The zero-order chi connectivity index (χ0) is 36.1. The molecule has 266 valence electrons. The minimum Gasteiger partial charge on any atom is -0.491 e. The predicted molar refractivity (Wildman–Crippen MR) is 164 cm³/mol. The van der Waals surface area contributed by atoms with E-state index in [0.29, 0.717) is 12.8 Å². The quantitative estimate of drug-likeness (QED) is 0.106. The number of halogens is 4. The average molecular weight is 716 g/mol. The molecule has 0 bridgehead atoms. The number of nitrogens with two attached hydrogens (primary N) is 1. The number of nitrogens with zero attached hydrogens (tertiary/aromatic N) is 1. The molecule has 1 aliphatic rings. The van der Waals surface area contributed by atoms with Gasteiger partial charge in [-0.2, -0.15) is 13.2 Å². The molecule has 2 aromatic carbocycles. The Morgan fingerprint density at radius 3 is 2.33 bits per heavy atom. The number of pyridine rings is 1. The zero-order valence-electron chi connectivity index (χ0n) is 26.2. The maximum Gasteiger partial charge on any atom is 0.469 e. The number of benzene rings is 2. The van der Waals surface area contributed by atoms with Crippen molar-refractivity contribution in [3.63, 3.8) is 0 Å². The Morgan fingerprint density at radius 1 is 1.08 bits per heavy atom. The highest BCUT2D eigenvalue weighted by molar-refractivity contribution is 7.46. The third-order valence-corrected chi connectivity index (χ3v) is 7.67. The number of phosphoric ester groups is 1. The molecule has 0 radical (unpaired) electrons. The smallest absolute Gasteiger partial charge is 0.469 e. The second-order valence-corrected chi connectivity index (χ2v) is 12.4. The molecule has 1 heterocycles. The molecule has 13 nitrogen and oxygen atoms in total. The number of primary amides is 1. The highest BCUT2D eigenvalue weighted by Crippen LogP contribution is 2.42. The third-order valence-electron chi connectivity index (χ3n) is 7.03. The van der Waals surface area contributed by atoms with Crippen LogP contribution in [0.15, 0.2) is 48.5 Å². The van der Waals surface area contributed by atoms with E-state index in [4.69, 9.17) is 29.7 Å². The molecule has 1 aromatic heterocycles. The van der Waals surface area contributed by atoms with E-state index < -0.39 is 62.0 Å². The fourth-order valence-electron chi connectivity index (χ4n) is 4.57. The highest BCUT2D eigenvalue weighted by Gasteiger charge is 2.56. The molecule has 1 saturated carbocycles. The van der Waals surface area contributed by atoms with E-state index in [9.17, 15) is 36.8 Å². The molecule has 18 heteroatoms. The van der Waals surface area contributed by atoms with Gasteiger partial charge in [-0.15, -0.1) is 0 Å². The Hall–Kier alpha value is -4.28. The number of phosphoric acid groups is 1. The summed E-state index contributed by atoms with van der Waals surface area (Å²) in [6, 6.07) is 9.04. The topological polar surface area (TPSA) is 200 Å². The average Bonchev–Trinajstić information content (AvgIpc) is 3.82. The van der Waals surface area contributed by atoms with Crippen molar-refractivity contribution in [3.05, 3.63) is 71.2 Å². The van der Waals surface area contributed by atoms with Crippen molar-refractivity contribution in [3.8, 4) is 28.5 Å². The summed E-state index contributed by atoms with van der Waals surface area (Å²) >= 11 is 0. The van der Waals surface area contributed by atoms with Crippen LogP contribution in [-0.2, 0) is 25.9 Å². The zero-order valence-corrected chi connectivity index (χ0v) is 27.1. The van der Waals surface area contributed by atoms with Crippen LogP contribution in [0.1, 0.15) is 48.3 Å². The van der Waals surface area contributed by atoms with Gasteiger partial charge in [0.25, 0.3) is 5.91 Å². The Morgan fingerprint density at radius 2 is 1.76 bits per heavy atom. The van der Waals surface area contributed by atoms with E-state index in [-0.39, 0.29) is 59.0 Å². The van der Waals surface area contributed by atoms with E-state index in [2.05, 4.69) is 14.8 Å². The summed E-state index contributed by atoms with van der Waals surface area (Å²) in [4.78, 5) is 47.1. The minimum atomic E-state index is -5.42. The monoisotopic (exact) mass is 715 g/mol. The van der Waals surface area contributed by atoms with Gasteiger partial charge < -0.3 is 40.2 Å². The van der Waals surface area contributed by atoms with Crippen LogP contribution >= 0.6 is 7.82 Å². The molecule has 0 aliphatic heterocycles. The summed E-state index contributed by atoms with van der Waals surface area (Å²) < 4.78 is 90.3. The van der Waals surface area contributed by atoms with Crippen LogP contribution in [0.3, 0.4) is 0 Å². The lowest BCUT2D eigenvalue weighted by molar-refractivity contribution is -0.265. The molecular weight excluding hydrogens is 681 g/mol. The number of aromatic nitrogens is 1. The molecule has 1 fully saturated rings. The van der Waals surface area contributed by atoms with Crippen LogP contribution in [0.5, 0.6) is 17.2 Å². The molecule has 4 rings (SSSR count). The van der Waals surface area contributed by atoms with Crippen LogP contribution in [0.25, 0.3) is 11.3 Å². The van der Waals surface area contributed by atoms with E-state index in [1.807, 2.05) is 0 Å². The Labute approximate surface area is 277 Å². The van der Waals surface area contributed by atoms with Gasteiger partial charge in [-0.1, -0.05) is 0 Å². The van der Waals surface area contributed by atoms with Gasteiger partial charge in [0.15, 0.2) is 11.5 Å². The number of nitrogens with one attached hydrogen (secondary N) is 1. The number of rotatable bonds is 16. The van der Waals surface area contributed by atoms with E-state index in [1.54, 1.807) is 6.92 Å². The molecule has 3 aromatic rings. The van der Waals surface area contributed by atoms with Crippen molar-refractivity contribution in [1.29, 1.82) is 0 Å². The summed E-state index contributed by atoms with van der Waals surface area (Å²) in [6.07, 6.45) is -5.88. The van der Waals surface area contributed by atoms with Gasteiger partial charge in [0.05, 0.1) is 31.4 Å². The molecule has 1 aliphatic carbocycles. The first kappa shape index (κ1) is 37.5. The molecule has 2 amide bonds. The van der Waals surface area contributed by atoms with Crippen molar-refractivity contribution in [1.82, 2.24) is 10.3 Å². The lowest BCUT2D eigenvalue weighted by Crippen LogP contribution is -2.51. The van der Waals surface area contributed by atoms with Gasteiger partial charge in [-0.25, -0.2) is 13.9 Å². The number of alkyl halides is 3. The summed E-state index contributed by atoms with van der Waals surface area (Å²) in [5.74, 6) is -2.59. The van der Waals surface area contributed by atoms with E-state index in [0.717, 1.165) is 18.2 Å². The lowest BCUT2D eigenvalue weighted by atomic mass is 9.93. The molecule has 0 unspecified atom stereocenters. The summed E-state index contributed by atoms with van der Waals surface area (Å²) in [5.41, 5.74) is 0.129. The third kappa shape index (κ3) is 9.89. The first-order valence-electron chi connectivity index (χ1n) is 14.9. The maximum absolute atomic E-state index is 14.7. The van der Waals surface area contributed by atoms with Crippen LogP contribution in [-0.4, -0.2) is 69.8 Å². The number of ether oxygens (including phenoxy) is 3. The molecule has 2 atom stereocenters. The first-order chi connectivity index (χ1) is 22.9. The number of carbonyl (C=O) groups is 2. The molecule has 0 spiro atoms. The second kappa shape index (κ2) is 15.1. The standard InChI is InChI=1S/C31H34F4N3O10P/c1-3-45-28-20(14-26(36)39)13-25(38-27(28)18-4-7-21(32)8-5-18)30(41,31(33,34)35)16-37-29(40)19-6-11-23(24(12-19)47-22-9-10-22)46-15-17(2)48-49(42,43)44/h4-8,11-13,17,22,41H,3,9-10,14-16H2,1-2H3,(H2,36,39)(H,37,40)(H2,42,43,44)/t17-,30+/m1/s1. The predicted octanol–water partition coefficient (Wildman–Crippen LogP) is 3.91. The second-order valence-electron chi connectivity index (χ2n) is 11.2.